The van der Waals surface area contributed by atoms with Gasteiger partial charge in [-0.1, -0.05) is 13.8 Å². The van der Waals surface area contributed by atoms with Gasteiger partial charge in [-0.05, 0) is 58.0 Å². The number of rotatable bonds is 6. The summed E-state index contributed by atoms with van der Waals surface area (Å²) in [5.41, 5.74) is 3.21. The summed E-state index contributed by atoms with van der Waals surface area (Å²) < 4.78 is 6.48. The van der Waals surface area contributed by atoms with Crippen LogP contribution in [0.25, 0.3) is 0 Å². The summed E-state index contributed by atoms with van der Waals surface area (Å²) in [6.45, 7) is 8.62. The highest BCUT2D eigenvalue weighted by Gasteiger charge is 2.42. The van der Waals surface area contributed by atoms with Gasteiger partial charge in [0.2, 0.25) is 0 Å². The third kappa shape index (κ3) is 4.63. The first kappa shape index (κ1) is 18.9. The van der Waals surface area contributed by atoms with Gasteiger partial charge in [-0.25, -0.2) is 0 Å². The maximum atomic E-state index is 6.48. The van der Waals surface area contributed by atoms with Gasteiger partial charge in [-0.2, -0.15) is 5.10 Å². The predicted octanol–water partition coefficient (Wildman–Crippen LogP) is 3.29. The minimum atomic E-state index is 0.159. The molecule has 2 heterocycles. The number of hydrogen-bond donors (Lipinski definition) is 2. The quantitative estimate of drug-likeness (QED) is 0.828. The number of nitrogens with one attached hydrogen (secondary N) is 2. The standard InChI is InChI=1S/C20H36N4O/c1-19(2)7-9-20(10-8-19)6-5-16(15-25-20)18-17(13-22-23-18)14-24(4)12-11-21-3/h13,16,21H,5-12,14-15H2,1-4H3,(H,22,23)/t16-/m0/s1. The van der Waals surface area contributed by atoms with E-state index in [4.69, 9.17) is 4.74 Å². The van der Waals surface area contributed by atoms with Gasteiger partial charge in [0.15, 0.2) is 0 Å². The highest BCUT2D eigenvalue weighted by Crippen LogP contribution is 2.47. The smallest absolute Gasteiger partial charge is 0.0720 e. The Labute approximate surface area is 152 Å². The highest BCUT2D eigenvalue weighted by atomic mass is 16.5. The molecule has 2 N–H and O–H groups in total. The molecule has 142 valence electrons. The molecule has 1 aliphatic carbocycles. The Morgan fingerprint density at radius 2 is 2.04 bits per heavy atom. The first-order valence-corrected chi connectivity index (χ1v) is 9.93. The number of nitrogens with zero attached hydrogens (tertiary/aromatic N) is 2. The summed E-state index contributed by atoms with van der Waals surface area (Å²) in [5, 5.41) is 10.9. The monoisotopic (exact) mass is 348 g/mol. The molecule has 1 aromatic rings. The fourth-order valence-electron chi connectivity index (χ4n) is 4.34. The number of hydrogen-bond acceptors (Lipinski definition) is 4. The summed E-state index contributed by atoms with van der Waals surface area (Å²) in [4.78, 5) is 2.35. The van der Waals surface area contributed by atoms with E-state index in [-0.39, 0.29) is 5.60 Å². The molecule has 1 spiro atoms. The molecular weight excluding hydrogens is 312 g/mol. The molecular formula is C20H36N4O. The molecule has 0 aromatic carbocycles. The maximum Gasteiger partial charge on any atom is 0.0720 e. The molecule has 1 saturated heterocycles. The van der Waals surface area contributed by atoms with Crippen molar-refractivity contribution in [3.63, 3.8) is 0 Å². The Kier molecular flexibility index (Phi) is 5.86. The van der Waals surface area contributed by atoms with Gasteiger partial charge in [-0.3, -0.25) is 5.10 Å². The van der Waals surface area contributed by atoms with Gasteiger partial charge in [0.05, 0.1) is 17.9 Å². The number of likely N-dealkylation sites (N-methyl/N-ethyl adjacent to an activating group) is 2. The SMILES string of the molecule is CNCCN(C)Cc1c[nH]nc1[C@H]1CCC2(CCC(C)(C)CC2)OC1. The molecule has 5 heteroatoms. The Morgan fingerprint density at radius 1 is 1.28 bits per heavy atom. The van der Waals surface area contributed by atoms with Crippen LogP contribution in [0.4, 0.5) is 0 Å². The fourth-order valence-corrected chi connectivity index (χ4v) is 4.34. The summed E-state index contributed by atoms with van der Waals surface area (Å²) in [6.07, 6.45) is 9.51. The van der Waals surface area contributed by atoms with Gasteiger partial charge < -0.3 is 15.0 Å². The van der Waals surface area contributed by atoms with E-state index in [1.807, 2.05) is 7.05 Å². The van der Waals surface area contributed by atoms with Crippen LogP contribution >= 0.6 is 0 Å². The first-order chi connectivity index (χ1) is 11.9. The predicted molar refractivity (Wildman–Crippen MR) is 102 cm³/mol. The molecule has 1 aromatic heterocycles. The second-order valence-electron chi connectivity index (χ2n) is 9.03. The van der Waals surface area contributed by atoms with Crippen LogP contribution in [0.2, 0.25) is 0 Å². The lowest BCUT2D eigenvalue weighted by atomic mass is 9.68. The van der Waals surface area contributed by atoms with Crippen molar-refractivity contribution in [1.29, 1.82) is 0 Å². The molecule has 1 aliphatic heterocycles. The average Bonchev–Trinajstić information content (AvgIpc) is 3.05. The van der Waals surface area contributed by atoms with E-state index in [2.05, 4.69) is 47.5 Å². The lowest BCUT2D eigenvalue weighted by Gasteiger charge is -2.47. The van der Waals surface area contributed by atoms with Crippen molar-refractivity contribution < 1.29 is 4.74 Å². The minimum Gasteiger partial charge on any atom is -0.374 e. The minimum absolute atomic E-state index is 0.159. The summed E-state index contributed by atoms with van der Waals surface area (Å²) in [5.74, 6) is 0.444. The molecule has 1 saturated carbocycles. The summed E-state index contributed by atoms with van der Waals surface area (Å²) in [7, 11) is 4.17. The van der Waals surface area contributed by atoms with Crippen molar-refractivity contribution in [3.05, 3.63) is 17.5 Å². The molecule has 2 fully saturated rings. The molecule has 2 aliphatic rings. The summed E-state index contributed by atoms with van der Waals surface area (Å²) >= 11 is 0. The fraction of sp³-hybridized carbons (Fsp3) is 0.850. The van der Waals surface area contributed by atoms with Crippen molar-refractivity contribution >= 4 is 0 Å². The third-order valence-electron chi connectivity index (χ3n) is 6.38. The van der Waals surface area contributed by atoms with Gasteiger partial charge >= 0.3 is 0 Å². The Balaban J connectivity index is 1.56. The highest BCUT2D eigenvalue weighted by molar-refractivity contribution is 5.21. The Morgan fingerprint density at radius 3 is 2.68 bits per heavy atom. The molecule has 0 radical (unpaired) electrons. The molecule has 5 nitrogen and oxygen atoms in total. The van der Waals surface area contributed by atoms with Crippen molar-refractivity contribution in [2.24, 2.45) is 5.41 Å². The number of aromatic amines is 1. The zero-order valence-corrected chi connectivity index (χ0v) is 16.5. The van der Waals surface area contributed by atoms with E-state index < -0.39 is 0 Å². The lowest BCUT2D eigenvalue weighted by molar-refractivity contribution is -0.122. The molecule has 25 heavy (non-hydrogen) atoms. The molecule has 1 atom stereocenters. The van der Waals surface area contributed by atoms with Crippen LogP contribution in [-0.2, 0) is 11.3 Å². The molecule has 0 unspecified atom stereocenters. The van der Waals surface area contributed by atoms with Gasteiger partial charge in [0, 0.05) is 37.3 Å². The Bertz CT molecular complexity index is 534. The van der Waals surface area contributed by atoms with Crippen LogP contribution in [0.1, 0.15) is 69.5 Å². The summed E-state index contributed by atoms with van der Waals surface area (Å²) in [6, 6.07) is 0. The van der Waals surface area contributed by atoms with Crippen LogP contribution in [0, 0.1) is 5.41 Å². The zero-order chi connectivity index (χ0) is 17.9. The number of ether oxygens (including phenoxy) is 1. The topological polar surface area (TPSA) is 53.2 Å². The van der Waals surface area contributed by atoms with Crippen molar-refractivity contribution in [1.82, 2.24) is 20.4 Å². The van der Waals surface area contributed by atoms with E-state index in [0.29, 0.717) is 11.3 Å². The van der Waals surface area contributed by atoms with Crippen LogP contribution in [0.3, 0.4) is 0 Å². The van der Waals surface area contributed by atoms with E-state index in [9.17, 15) is 0 Å². The second-order valence-corrected chi connectivity index (χ2v) is 9.03. The third-order valence-corrected chi connectivity index (χ3v) is 6.38. The lowest BCUT2D eigenvalue weighted by Crippen LogP contribution is -2.43. The second kappa shape index (κ2) is 7.77. The zero-order valence-electron chi connectivity index (χ0n) is 16.5. The van der Waals surface area contributed by atoms with Gasteiger partial charge in [-0.15, -0.1) is 0 Å². The van der Waals surface area contributed by atoms with Crippen LogP contribution in [0.5, 0.6) is 0 Å². The van der Waals surface area contributed by atoms with E-state index in [0.717, 1.165) is 26.2 Å². The molecule has 3 rings (SSSR count). The van der Waals surface area contributed by atoms with Crippen LogP contribution in [0.15, 0.2) is 6.20 Å². The van der Waals surface area contributed by atoms with Crippen LogP contribution < -0.4 is 5.32 Å². The molecule has 0 amide bonds. The van der Waals surface area contributed by atoms with Crippen LogP contribution in [-0.4, -0.2) is 54.5 Å². The largest absolute Gasteiger partial charge is 0.374 e. The van der Waals surface area contributed by atoms with Gasteiger partial charge in [0.25, 0.3) is 0 Å². The Hall–Kier alpha value is -0.910. The van der Waals surface area contributed by atoms with E-state index >= 15 is 0 Å². The van der Waals surface area contributed by atoms with Crippen molar-refractivity contribution in [2.45, 2.75) is 70.4 Å². The van der Waals surface area contributed by atoms with Crippen molar-refractivity contribution in [3.8, 4) is 0 Å². The average molecular weight is 349 g/mol. The number of H-pyrrole nitrogens is 1. The van der Waals surface area contributed by atoms with E-state index in [1.54, 1.807) is 0 Å². The van der Waals surface area contributed by atoms with Gasteiger partial charge in [0.1, 0.15) is 0 Å². The van der Waals surface area contributed by atoms with Crippen molar-refractivity contribution in [2.75, 3.05) is 33.8 Å². The normalized spacial score (nSPS) is 25.6. The molecule has 0 bridgehead atoms. The maximum absolute atomic E-state index is 6.48. The first-order valence-electron chi connectivity index (χ1n) is 9.93. The number of aromatic nitrogens is 2. The van der Waals surface area contributed by atoms with E-state index in [1.165, 1.54) is 49.8 Å².